The molecule has 0 aromatic carbocycles. The van der Waals surface area contributed by atoms with Crippen molar-refractivity contribution in [2.75, 3.05) is 32.1 Å². The van der Waals surface area contributed by atoms with Crippen molar-refractivity contribution in [2.45, 2.75) is 25.5 Å². The van der Waals surface area contributed by atoms with E-state index in [9.17, 15) is 4.79 Å². The van der Waals surface area contributed by atoms with Gasteiger partial charge in [0.15, 0.2) is 0 Å². The lowest BCUT2D eigenvalue weighted by atomic mass is 10.3. The molecule has 0 bridgehead atoms. The highest BCUT2D eigenvalue weighted by Gasteiger charge is 2.19. The Labute approximate surface area is 90.2 Å². The summed E-state index contributed by atoms with van der Waals surface area (Å²) in [6.45, 7) is 9.27. The third kappa shape index (κ3) is 4.33. The van der Waals surface area contributed by atoms with Gasteiger partial charge in [-0.25, -0.2) is 0 Å². The van der Waals surface area contributed by atoms with Gasteiger partial charge in [0.2, 0.25) is 5.91 Å². The molecular formula is C10H19NO2S. The molecule has 0 saturated carbocycles. The Morgan fingerprint density at radius 2 is 1.93 bits per heavy atom. The van der Waals surface area contributed by atoms with Crippen LogP contribution < -0.4 is 0 Å². The van der Waals surface area contributed by atoms with Crippen LogP contribution in [-0.4, -0.2) is 47.6 Å². The van der Waals surface area contributed by atoms with Crippen LogP contribution in [0.4, 0.5) is 0 Å². The van der Waals surface area contributed by atoms with Crippen LogP contribution >= 0.6 is 11.8 Å². The standard InChI is InChI=1S/C10H19NO2S/c1-10(2,3)14-8-9(12)11-4-6-13-7-5-11/h4-8H2,1-3H3. The largest absolute Gasteiger partial charge is 0.378 e. The lowest BCUT2D eigenvalue weighted by Gasteiger charge is -2.28. The molecule has 0 aromatic heterocycles. The molecular weight excluding hydrogens is 198 g/mol. The first-order chi connectivity index (χ1) is 6.49. The molecule has 0 unspecified atom stereocenters. The molecule has 4 heteroatoms. The highest BCUT2D eigenvalue weighted by molar-refractivity contribution is 8.01. The Bertz CT molecular complexity index is 195. The van der Waals surface area contributed by atoms with Crippen molar-refractivity contribution in [3.05, 3.63) is 0 Å². The number of amides is 1. The zero-order chi connectivity index (χ0) is 10.6. The minimum atomic E-state index is 0.169. The van der Waals surface area contributed by atoms with Gasteiger partial charge in [0.1, 0.15) is 0 Å². The molecule has 1 aliphatic heterocycles. The van der Waals surface area contributed by atoms with Crippen LogP contribution in [0.3, 0.4) is 0 Å². The van der Waals surface area contributed by atoms with Gasteiger partial charge in [-0.1, -0.05) is 20.8 Å². The summed E-state index contributed by atoms with van der Waals surface area (Å²) >= 11 is 1.70. The molecule has 0 aromatic rings. The summed E-state index contributed by atoms with van der Waals surface area (Å²) < 4.78 is 5.36. The normalized spacial score (nSPS) is 18.4. The first-order valence-corrected chi connectivity index (χ1v) is 5.97. The minimum Gasteiger partial charge on any atom is -0.378 e. The fourth-order valence-electron chi connectivity index (χ4n) is 1.18. The number of hydrogen-bond acceptors (Lipinski definition) is 3. The average molecular weight is 217 g/mol. The van der Waals surface area contributed by atoms with Crippen LogP contribution in [0.2, 0.25) is 0 Å². The zero-order valence-corrected chi connectivity index (χ0v) is 10.0. The molecule has 0 atom stereocenters. The van der Waals surface area contributed by atoms with Gasteiger partial charge in [-0.15, -0.1) is 11.8 Å². The lowest BCUT2D eigenvalue weighted by molar-refractivity contribution is -0.132. The molecule has 3 nitrogen and oxygen atoms in total. The molecule has 1 saturated heterocycles. The maximum Gasteiger partial charge on any atom is 0.232 e. The van der Waals surface area contributed by atoms with Gasteiger partial charge in [0, 0.05) is 17.8 Å². The van der Waals surface area contributed by atoms with Crippen molar-refractivity contribution in [1.29, 1.82) is 0 Å². The molecule has 1 rings (SSSR count). The molecule has 82 valence electrons. The quantitative estimate of drug-likeness (QED) is 0.700. The smallest absolute Gasteiger partial charge is 0.232 e. The molecule has 1 aliphatic rings. The number of thioether (sulfide) groups is 1. The van der Waals surface area contributed by atoms with Crippen molar-refractivity contribution in [3.8, 4) is 0 Å². The van der Waals surface area contributed by atoms with Gasteiger partial charge in [0.05, 0.1) is 19.0 Å². The number of carbonyl (C=O) groups excluding carboxylic acids is 1. The maximum absolute atomic E-state index is 11.7. The lowest BCUT2D eigenvalue weighted by Crippen LogP contribution is -2.42. The van der Waals surface area contributed by atoms with Gasteiger partial charge in [-0.2, -0.15) is 0 Å². The third-order valence-electron chi connectivity index (χ3n) is 1.99. The van der Waals surface area contributed by atoms with Gasteiger partial charge in [-0.3, -0.25) is 4.79 Å². The van der Waals surface area contributed by atoms with E-state index in [2.05, 4.69) is 20.8 Å². The van der Waals surface area contributed by atoms with E-state index >= 15 is 0 Å². The Balaban J connectivity index is 2.27. The summed E-state index contributed by atoms with van der Waals surface area (Å²) in [4.78, 5) is 13.6. The summed E-state index contributed by atoms with van der Waals surface area (Å²) in [5.41, 5.74) is 0. The first kappa shape index (κ1) is 11.9. The monoisotopic (exact) mass is 217 g/mol. The van der Waals surface area contributed by atoms with E-state index in [1.807, 2.05) is 4.90 Å². The SMILES string of the molecule is CC(C)(C)SCC(=O)N1CCOCC1. The average Bonchev–Trinajstić information content (AvgIpc) is 2.14. The van der Waals surface area contributed by atoms with Crippen molar-refractivity contribution in [2.24, 2.45) is 0 Å². The molecule has 0 radical (unpaired) electrons. The molecule has 14 heavy (non-hydrogen) atoms. The van der Waals surface area contributed by atoms with Crippen LogP contribution in [-0.2, 0) is 9.53 Å². The molecule has 1 amide bonds. The van der Waals surface area contributed by atoms with Crippen molar-refractivity contribution in [1.82, 2.24) is 4.90 Å². The summed E-state index contributed by atoms with van der Waals surface area (Å²) in [6.07, 6.45) is 0. The molecule has 1 heterocycles. The summed E-state index contributed by atoms with van der Waals surface area (Å²) in [5, 5.41) is 0. The van der Waals surface area contributed by atoms with Crippen molar-refractivity contribution < 1.29 is 9.53 Å². The number of hydrogen-bond donors (Lipinski definition) is 0. The Morgan fingerprint density at radius 3 is 2.43 bits per heavy atom. The number of ether oxygens (including phenoxy) is 1. The second-order valence-corrected chi connectivity index (χ2v) is 6.20. The van der Waals surface area contributed by atoms with E-state index < -0.39 is 0 Å². The van der Waals surface area contributed by atoms with Crippen molar-refractivity contribution >= 4 is 17.7 Å². The summed E-state index contributed by atoms with van der Waals surface area (Å²) in [7, 11) is 0. The Kier molecular flexibility index (Phi) is 4.26. The van der Waals surface area contributed by atoms with Gasteiger partial charge >= 0.3 is 0 Å². The molecule has 1 fully saturated rings. The molecule has 0 spiro atoms. The second-order valence-electron chi connectivity index (χ2n) is 4.39. The van der Waals surface area contributed by atoms with E-state index in [0.29, 0.717) is 19.0 Å². The number of carbonyl (C=O) groups is 1. The van der Waals surface area contributed by atoms with E-state index in [0.717, 1.165) is 13.1 Å². The van der Waals surface area contributed by atoms with Gasteiger partial charge < -0.3 is 9.64 Å². The Hall–Kier alpha value is -0.220. The number of nitrogens with zero attached hydrogens (tertiary/aromatic N) is 1. The van der Waals surface area contributed by atoms with Gasteiger partial charge in [-0.05, 0) is 0 Å². The number of rotatable bonds is 2. The van der Waals surface area contributed by atoms with Gasteiger partial charge in [0.25, 0.3) is 0 Å². The van der Waals surface area contributed by atoms with E-state index in [-0.39, 0.29) is 10.7 Å². The first-order valence-electron chi connectivity index (χ1n) is 4.98. The summed E-state index contributed by atoms with van der Waals surface area (Å²) in [6, 6.07) is 0. The maximum atomic E-state index is 11.7. The fraction of sp³-hybridized carbons (Fsp3) is 0.900. The highest BCUT2D eigenvalue weighted by atomic mass is 32.2. The van der Waals surface area contributed by atoms with Crippen molar-refractivity contribution in [3.63, 3.8) is 0 Å². The van der Waals surface area contributed by atoms with E-state index in [1.54, 1.807) is 11.8 Å². The predicted octanol–water partition coefficient (Wildman–Crippen LogP) is 1.38. The molecule has 0 N–H and O–H groups in total. The Morgan fingerprint density at radius 1 is 1.36 bits per heavy atom. The number of morpholine rings is 1. The van der Waals surface area contributed by atoms with Crippen LogP contribution in [0.5, 0.6) is 0 Å². The predicted molar refractivity (Wildman–Crippen MR) is 59.6 cm³/mol. The molecule has 0 aliphatic carbocycles. The second kappa shape index (κ2) is 5.03. The fourth-order valence-corrected chi connectivity index (χ4v) is 1.92. The van der Waals surface area contributed by atoms with Crippen LogP contribution in [0.1, 0.15) is 20.8 Å². The summed E-state index contributed by atoms with van der Waals surface area (Å²) in [5.74, 6) is 0.831. The minimum absolute atomic E-state index is 0.169. The van der Waals surface area contributed by atoms with Crippen LogP contribution in [0.15, 0.2) is 0 Å². The zero-order valence-electron chi connectivity index (χ0n) is 9.21. The van der Waals surface area contributed by atoms with Crippen LogP contribution in [0.25, 0.3) is 0 Å². The third-order valence-corrected chi connectivity index (χ3v) is 3.25. The van der Waals surface area contributed by atoms with E-state index in [4.69, 9.17) is 4.74 Å². The topological polar surface area (TPSA) is 29.5 Å². The highest BCUT2D eigenvalue weighted by Crippen LogP contribution is 2.23. The van der Waals surface area contributed by atoms with Crippen LogP contribution in [0, 0.1) is 0 Å². The van der Waals surface area contributed by atoms with E-state index in [1.165, 1.54) is 0 Å².